The first-order chi connectivity index (χ1) is 12.2. The topological polar surface area (TPSA) is 50.8 Å². The van der Waals surface area contributed by atoms with Crippen molar-refractivity contribution in [1.29, 1.82) is 0 Å². The summed E-state index contributed by atoms with van der Waals surface area (Å²) in [6.45, 7) is 1.88. The molecule has 132 valence electrons. The van der Waals surface area contributed by atoms with E-state index in [1.807, 2.05) is 24.3 Å². The number of hydrogen-bond donors (Lipinski definition) is 1. The van der Waals surface area contributed by atoms with E-state index >= 15 is 0 Å². The van der Waals surface area contributed by atoms with E-state index in [4.69, 9.17) is 9.47 Å². The minimum absolute atomic E-state index is 0.133. The fourth-order valence-corrected chi connectivity index (χ4v) is 2.75. The van der Waals surface area contributed by atoms with E-state index in [1.54, 1.807) is 24.1 Å². The second-order valence-electron chi connectivity index (χ2n) is 5.86. The summed E-state index contributed by atoms with van der Waals surface area (Å²) in [4.78, 5) is 14.1. The quantitative estimate of drug-likeness (QED) is 0.927. The van der Waals surface area contributed by atoms with E-state index in [1.165, 1.54) is 12.1 Å². The Morgan fingerprint density at radius 1 is 1.24 bits per heavy atom. The predicted octanol–water partition coefficient (Wildman–Crippen LogP) is 3.12. The number of urea groups is 1. The van der Waals surface area contributed by atoms with Gasteiger partial charge in [-0.15, -0.1) is 0 Å². The Labute approximate surface area is 146 Å². The van der Waals surface area contributed by atoms with Crippen molar-refractivity contribution in [2.75, 3.05) is 26.8 Å². The first kappa shape index (κ1) is 17.2. The zero-order chi connectivity index (χ0) is 17.6. The zero-order valence-electron chi connectivity index (χ0n) is 14.1. The smallest absolute Gasteiger partial charge is 0.317 e. The van der Waals surface area contributed by atoms with Crippen molar-refractivity contribution in [3.8, 4) is 5.75 Å². The number of nitrogens with one attached hydrogen (secondary N) is 1. The van der Waals surface area contributed by atoms with E-state index < -0.39 is 0 Å². The van der Waals surface area contributed by atoms with Gasteiger partial charge in [0, 0.05) is 13.1 Å². The summed E-state index contributed by atoms with van der Waals surface area (Å²) in [5.74, 6) is 0.499. The second-order valence-corrected chi connectivity index (χ2v) is 5.86. The first-order valence-electron chi connectivity index (χ1n) is 8.18. The number of carbonyl (C=O) groups excluding carboxylic acids is 1. The van der Waals surface area contributed by atoms with Gasteiger partial charge in [-0.2, -0.15) is 0 Å². The van der Waals surface area contributed by atoms with Gasteiger partial charge in [0.15, 0.2) is 0 Å². The van der Waals surface area contributed by atoms with Crippen LogP contribution < -0.4 is 10.1 Å². The summed E-state index contributed by atoms with van der Waals surface area (Å²) >= 11 is 0. The molecule has 1 heterocycles. The number of morpholine rings is 1. The molecule has 2 amide bonds. The number of hydrogen-bond acceptors (Lipinski definition) is 3. The average molecular weight is 344 g/mol. The number of rotatable bonds is 4. The van der Waals surface area contributed by atoms with Crippen LogP contribution in [0.25, 0.3) is 0 Å². The highest BCUT2D eigenvalue weighted by Gasteiger charge is 2.25. The molecule has 3 rings (SSSR count). The second kappa shape index (κ2) is 7.98. The van der Waals surface area contributed by atoms with Crippen LogP contribution in [0.5, 0.6) is 5.75 Å². The number of methoxy groups -OCH3 is 1. The highest BCUT2D eigenvalue weighted by atomic mass is 19.1. The molecule has 0 radical (unpaired) electrons. The molecule has 5 nitrogen and oxygen atoms in total. The molecule has 1 N–H and O–H groups in total. The zero-order valence-corrected chi connectivity index (χ0v) is 14.1. The van der Waals surface area contributed by atoms with Gasteiger partial charge in [-0.25, -0.2) is 9.18 Å². The highest BCUT2D eigenvalue weighted by molar-refractivity contribution is 5.74. The van der Waals surface area contributed by atoms with Crippen molar-refractivity contribution in [1.82, 2.24) is 10.2 Å². The highest BCUT2D eigenvalue weighted by Crippen LogP contribution is 2.22. The minimum Gasteiger partial charge on any atom is -0.497 e. The molecule has 0 spiro atoms. The van der Waals surface area contributed by atoms with Gasteiger partial charge in [0.1, 0.15) is 17.7 Å². The minimum atomic E-state index is -0.284. The Hall–Kier alpha value is -2.60. The fourth-order valence-electron chi connectivity index (χ4n) is 2.75. The van der Waals surface area contributed by atoms with Gasteiger partial charge in [-0.3, -0.25) is 0 Å². The molecule has 0 aromatic heterocycles. The molecule has 1 fully saturated rings. The van der Waals surface area contributed by atoms with Crippen molar-refractivity contribution >= 4 is 6.03 Å². The Morgan fingerprint density at radius 3 is 2.64 bits per heavy atom. The summed E-state index contributed by atoms with van der Waals surface area (Å²) in [6, 6.07) is 13.6. The van der Waals surface area contributed by atoms with Gasteiger partial charge in [0.2, 0.25) is 0 Å². The number of benzene rings is 2. The average Bonchev–Trinajstić information content (AvgIpc) is 2.67. The standard InChI is InChI=1S/C19H21FN2O3/c1-24-17-8-2-14(3-9-17)12-21-19(23)22-10-11-25-18(13-22)15-4-6-16(20)7-5-15/h2-9,18H,10-13H2,1H3,(H,21,23). The maximum atomic E-state index is 13.0. The molecule has 1 atom stereocenters. The van der Waals surface area contributed by atoms with E-state index in [9.17, 15) is 9.18 Å². The Kier molecular flexibility index (Phi) is 5.50. The summed E-state index contributed by atoms with van der Waals surface area (Å²) in [5, 5.41) is 2.92. The van der Waals surface area contributed by atoms with Crippen LogP contribution >= 0.6 is 0 Å². The first-order valence-corrected chi connectivity index (χ1v) is 8.18. The third-order valence-electron chi connectivity index (χ3n) is 4.20. The number of nitrogens with zero attached hydrogens (tertiary/aromatic N) is 1. The monoisotopic (exact) mass is 344 g/mol. The molecule has 0 bridgehead atoms. The van der Waals surface area contributed by atoms with Gasteiger partial charge in [-0.05, 0) is 35.4 Å². The lowest BCUT2D eigenvalue weighted by molar-refractivity contribution is -0.0155. The SMILES string of the molecule is COc1ccc(CNC(=O)N2CCOC(c3ccc(F)cc3)C2)cc1. The maximum Gasteiger partial charge on any atom is 0.317 e. The molecule has 2 aromatic carbocycles. The molecule has 1 aliphatic rings. The van der Waals surface area contributed by atoms with E-state index in [-0.39, 0.29) is 18.0 Å². The number of amides is 2. The number of ether oxygens (including phenoxy) is 2. The molecule has 1 saturated heterocycles. The summed E-state index contributed by atoms with van der Waals surface area (Å²) < 4.78 is 23.9. The van der Waals surface area contributed by atoms with Crippen LogP contribution in [0.3, 0.4) is 0 Å². The van der Waals surface area contributed by atoms with Gasteiger partial charge >= 0.3 is 6.03 Å². The lowest BCUT2D eigenvalue weighted by Crippen LogP contribution is -2.46. The molecule has 2 aromatic rings. The van der Waals surface area contributed by atoms with Crippen molar-refractivity contribution in [2.24, 2.45) is 0 Å². The van der Waals surface area contributed by atoms with E-state index in [0.717, 1.165) is 16.9 Å². The molecule has 1 aliphatic heterocycles. The number of halogens is 1. The fraction of sp³-hybridized carbons (Fsp3) is 0.316. The third kappa shape index (κ3) is 4.48. The number of carbonyl (C=O) groups is 1. The van der Waals surface area contributed by atoms with Crippen molar-refractivity contribution < 1.29 is 18.7 Å². The molecular weight excluding hydrogens is 323 g/mol. The maximum absolute atomic E-state index is 13.0. The summed E-state index contributed by atoms with van der Waals surface area (Å²) in [5.41, 5.74) is 1.87. The lowest BCUT2D eigenvalue weighted by Gasteiger charge is -2.33. The van der Waals surface area contributed by atoms with Crippen LogP contribution in [-0.4, -0.2) is 37.7 Å². The van der Waals surface area contributed by atoms with Crippen LogP contribution in [0, 0.1) is 5.82 Å². The van der Waals surface area contributed by atoms with Crippen LogP contribution in [0.4, 0.5) is 9.18 Å². The van der Waals surface area contributed by atoms with Crippen LogP contribution in [0.15, 0.2) is 48.5 Å². The van der Waals surface area contributed by atoms with Gasteiger partial charge < -0.3 is 19.7 Å². The Balaban J connectivity index is 1.55. The molecule has 25 heavy (non-hydrogen) atoms. The van der Waals surface area contributed by atoms with Crippen molar-refractivity contribution in [3.63, 3.8) is 0 Å². The Morgan fingerprint density at radius 2 is 1.96 bits per heavy atom. The molecule has 0 saturated carbocycles. The summed E-state index contributed by atoms with van der Waals surface area (Å²) in [6.07, 6.45) is -0.235. The normalized spacial score (nSPS) is 17.2. The van der Waals surface area contributed by atoms with Crippen LogP contribution in [0.2, 0.25) is 0 Å². The third-order valence-corrected chi connectivity index (χ3v) is 4.20. The molecule has 6 heteroatoms. The van der Waals surface area contributed by atoms with Gasteiger partial charge in [-0.1, -0.05) is 24.3 Å². The van der Waals surface area contributed by atoms with Crippen molar-refractivity contribution in [2.45, 2.75) is 12.6 Å². The van der Waals surface area contributed by atoms with E-state index in [0.29, 0.717) is 26.2 Å². The van der Waals surface area contributed by atoms with Crippen molar-refractivity contribution in [3.05, 3.63) is 65.5 Å². The van der Waals surface area contributed by atoms with Crippen LogP contribution in [0.1, 0.15) is 17.2 Å². The van der Waals surface area contributed by atoms with Gasteiger partial charge in [0.25, 0.3) is 0 Å². The Bertz CT molecular complexity index is 704. The molecule has 0 aliphatic carbocycles. The van der Waals surface area contributed by atoms with E-state index in [2.05, 4.69) is 5.32 Å². The summed E-state index contributed by atoms with van der Waals surface area (Å²) in [7, 11) is 1.62. The largest absolute Gasteiger partial charge is 0.497 e. The molecular formula is C19H21FN2O3. The van der Waals surface area contributed by atoms with Gasteiger partial charge in [0.05, 0.1) is 20.3 Å². The molecule has 1 unspecified atom stereocenters. The predicted molar refractivity (Wildman–Crippen MR) is 91.9 cm³/mol. The lowest BCUT2D eigenvalue weighted by atomic mass is 10.1. The van der Waals surface area contributed by atoms with Crippen LogP contribution in [-0.2, 0) is 11.3 Å².